The van der Waals surface area contributed by atoms with Crippen LogP contribution in [0.3, 0.4) is 0 Å². The molecule has 0 saturated carbocycles. The fourth-order valence-electron chi connectivity index (χ4n) is 7.90. The number of carbonyl (C=O) groups is 3. The third kappa shape index (κ3) is 23.3. The van der Waals surface area contributed by atoms with Crippen LogP contribution in [0.2, 0.25) is 0 Å². The average molecular weight is 1020 g/mol. The second kappa shape index (κ2) is 31.3. The molecular formula is C46H77N3O18P2. The third-order valence-electron chi connectivity index (χ3n) is 11.8. The molecule has 0 aromatic carbocycles. The lowest BCUT2D eigenvalue weighted by Gasteiger charge is -2.39. The maximum absolute atomic E-state index is 13.9. The van der Waals surface area contributed by atoms with Gasteiger partial charge in [0, 0.05) is 31.4 Å². The van der Waals surface area contributed by atoms with Crippen LogP contribution in [0, 0.1) is 17.8 Å². The molecule has 0 aliphatic carbocycles. The molecule has 2 aliphatic heterocycles. The summed E-state index contributed by atoms with van der Waals surface area (Å²) in [5.41, 5.74) is 4.74. The van der Waals surface area contributed by atoms with E-state index in [1.165, 1.54) is 37.5 Å². The lowest BCUT2D eigenvalue weighted by atomic mass is 9.83. The molecule has 21 nitrogen and oxygen atoms in total. The number of rotatable bonds is 19. The number of carbonyl (C=O) groups excluding carboxylic acids is 3. The van der Waals surface area contributed by atoms with Gasteiger partial charge in [0.2, 0.25) is 0 Å². The normalized spacial score (nSPS) is 30.6. The number of ether oxygens (including phenoxy) is 3. The van der Waals surface area contributed by atoms with Crippen molar-refractivity contribution in [3.63, 3.8) is 0 Å². The fourth-order valence-corrected chi connectivity index (χ4v) is 10.0. The van der Waals surface area contributed by atoms with E-state index in [-0.39, 0.29) is 37.9 Å². The number of nitrogens with zero attached hydrogens (tertiary/aromatic N) is 2. The van der Waals surface area contributed by atoms with Gasteiger partial charge in [0.15, 0.2) is 6.10 Å². The van der Waals surface area contributed by atoms with E-state index in [0.29, 0.717) is 25.2 Å². The minimum atomic E-state index is -5.72. The largest absolute Gasteiger partial charge is 0.481 e. The quantitative estimate of drug-likeness (QED) is 0.0368. The molecule has 3 rings (SSSR count). The number of Topliss-reactive ketones (excluding diaryl/α,β-unsaturated/α-hetero) is 1. The van der Waals surface area contributed by atoms with Gasteiger partial charge in [-0.15, -0.1) is 0 Å². The van der Waals surface area contributed by atoms with Crippen LogP contribution < -0.4 is 11.4 Å². The van der Waals surface area contributed by atoms with E-state index in [1.807, 2.05) is 6.92 Å². The van der Waals surface area contributed by atoms with Crippen LogP contribution in [-0.4, -0.2) is 114 Å². The summed E-state index contributed by atoms with van der Waals surface area (Å²) in [5, 5.41) is 45.6. The second-order valence-electron chi connectivity index (χ2n) is 18.2. The van der Waals surface area contributed by atoms with Crippen molar-refractivity contribution in [2.75, 3.05) is 25.6 Å². The van der Waals surface area contributed by atoms with Crippen LogP contribution in [0.1, 0.15) is 149 Å². The van der Waals surface area contributed by atoms with E-state index < -0.39 is 120 Å². The van der Waals surface area contributed by atoms with E-state index in [4.69, 9.17) is 29.0 Å². The van der Waals surface area contributed by atoms with Gasteiger partial charge in [-0.2, -0.15) is 9.29 Å². The van der Waals surface area contributed by atoms with Gasteiger partial charge in [0.05, 0.1) is 37.4 Å². The molecular weight excluding hydrogens is 944 g/mol. The summed E-state index contributed by atoms with van der Waals surface area (Å²) in [6.45, 7) is 3.63. The van der Waals surface area contributed by atoms with Gasteiger partial charge in [-0.05, 0) is 44.1 Å². The maximum Gasteiger partial charge on any atom is 0.481 e. The number of phosphoric ester groups is 2. The van der Waals surface area contributed by atoms with E-state index in [2.05, 4.69) is 23.1 Å². The van der Waals surface area contributed by atoms with Gasteiger partial charge in [0.25, 0.3) is 0 Å². The van der Waals surface area contributed by atoms with Crippen molar-refractivity contribution < 1.29 is 81.3 Å². The first-order chi connectivity index (χ1) is 32.7. The topological polar surface area (TPSA) is 323 Å². The van der Waals surface area contributed by atoms with Gasteiger partial charge < -0.3 is 50.2 Å². The third-order valence-corrected chi connectivity index (χ3v) is 14.4. The number of cyclic esters (lactones) is 1. The lowest BCUT2D eigenvalue weighted by Crippen LogP contribution is -2.51. The minimum absolute atomic E-state index is 0.00363. The van der Waals surface area contributed by atoms with Crippen molar-refractivity contribution in [3.05, 3.63) is 47.1 Å². The number of aliphatic hydroxyl groups excluding tert-OH is 4. The molecule has 0 amide bonds. The summed E-state index contributed by atoms with van der Waals surface area (Å²) in [7, 11) is -11.3. The van der Waals surface area contributed by atoms with E-state index in [0.717, 1.165) is 55.7 Å². The number of ketones is 1. The Morgan fingerprint density at radius 2 is 1.57 bits per heavy atom. The summed E-state index contributed by atoms with van der Waals surface area (Å²) in [6.07, 6.45) is 6.20. The summed E-state index contributed by atoms with van der Waals surface area (Å²) < 4.78 is 58.8. The van der Waals surface area contributed by atoms with Crippen LogP contribution in [-0.2, 0) is 51.1 Å². The highest BCUT2D eigenvalue weighted by atomic mass is 31.3. The Bertz CT molecular complexity index is 1930. The number of nitrogen functional groups attached to an aromatic ring is 1. The summed E-state index contributed by atoms with van der Waals surface area (Å²) in [5.74, 6) is -4.54. The number of fused-ring (bicyclic) bond motifs is 3. The number of nitrogens with two attached hydrogens (primary N) is 1. The molecule has 69 heavy (non-hydrogen) atoms. The maximum atomic E-state index is 13.9. The molecule has 11 atom stereocenters. The summed E-state index contributed by atoms with van der Waals surface area (Å²) in [6, 6.07) is 1.22. The molecule has 1 saturated heterocycles. The number of anilines is 1. The Labute approximate surface area is 405 Å². The Hall–Kier alpha value is -3.17. The number of hydrogen-bond acceptors (Lipinski definition) is 18. The highest BCUT2D eigenvalue weighted by Gasteiger charge is 2.45. The Kier molecular flexibility index (Phi) is 27.3. The summed E-state index contributed by atoms with van der Waals surface area (Å²) in [4.78, 5) is 77.9. The van der Waals surface area contributed by atoms with Gasteiger partial charge in [0.1, 0.15) is 36.6 Å². The second-order valence-corrected chi connectivity index (χ2v) is 21.3. The van der Waals surface area contributed by atoms with Gasteiger partial charge in [-0.1, -0.05) is 116 Å². The summed E-state index contributed by atoms with van der Waals surface area (Å²) >= 11 is 0. The highest BCUT2D eigenvalue weighted by molar-refractivity contribution is 7.61. The standard InChI is InChI=1S/C46H77N3O18P2/c1-4-5-14-20-33(50)24-25-35-37(51)28-38(52)36-21-16-12-13-17-22-41(53)62-29-34(65-42(54)23-18-11-9-7-6-8-10-15-19-32(2)3)30-63-68(58,59)67-69(60,61)64-31-39(44(56)43(35)55)66-45(36)49-27-26-40(47)48-46(49)57/h12,16,24-27,32-36,38-39,43-45,50,52,55-56H,4-11,13-15,17-23,28-31H2,1-3H3,(H,58,59)(H,60,61)(H2,47,48,57)/b16-12-,25-24?/t33-,34+,35-,36-,38-,39+,43-,44+,45+/m0/s1. The molecule has 0 radical (unpaired) electrons. The first kappa shape index (κ1) is 60.1. The smallest absolute Gasteiger partial charge is 0.462 e. The number of hydrogen-bond donors (Lipinski definition) is 7. The number of unbranched alkanes of at least 4 members (excludes halogenated alkanes) is 9. The first-order valence-corrected chi connectivity index (χ1v) is 27.3. The van der Waals surface area contributed by atoms with Crippen LogP contribution >= 0.6 is 15.6 Å². The average Bonchev–Trinajstić information content (AvgIpc) is 3.27. The minimum Gasteiger partial charge on any atom is -0.462 e. The molecule has 2 aliphatic rings. The van der Waals surface area contributed by atoms with Gasteiger partial charge >= 0.3 is 33.3 Å². The molecule has 3 heterocycles. The Balaban J connectivity index is 1.90. The van der Waals surface area contributed by atoms with Crippen LogP contribution in [0.5, 0.6) is 0 Å². The molecule has 23 heteroatoms. The van der Waals surface area contributed by atoms with E-state index >= 15 is 0 Å². The van der Waals surface area contributed by atoms with E-state index in [1.54, 1.807) is 12.2 Å². The molecule has 394 valence electrons. The van der Waals surface area contributed by atoms with Gasteiger partial charge in [-0.3, -0.25) is 28.0 Å². The van der Waals surface area contributed by atoms with Crippen molar-refractivity contribution in [1.82, 2.24) is 9.55 Å². The van der Waals surface area contributed by atoms with Crippen molar-refractivity contribution in [3.8, 4) is 0 Å². The molecule has 1 aromatic heterocycles. The van der Waals surface area contributed by atoms with Crippen molar-refractivity contribution >= 4 is 39.2 Å². The first-order valence-electron chi connectivity index (χ1n) is 24.3. The monoisotopic (exact) mass is 1020 g/mol. The number of esters is 2. The molecule has 1 aromatic rings. The highest BCUT2D eigenvalue weighted by Crippen LogP contribution is 2.60. The molecule has 1 fully saturated rings. The molecule has 8 N–H and O–H groups in total. The zero-order valence-electron chi connectivity index (χ0n) is 40.2. The Morgan fingerprint density at radius 1 is 0.913 bits per heavy atom. The lowest BCUT2D eigenvalue weighted by molar-refractivity contribution is -0.186. The van der Waals surface area contributed by atoms with Crippen molar-refractivity contribution in [2.24, 2.45) is 17.8 Å². The van der Waals surface area contributed by atoms with Crippen LogP contribution in [0.15, 0.2) is 41.4 Å². The number of phosphoric acid groups is 2. The molecule has 2 unspecified atom stereocenters. The Morgan fingerprint density at radius 3 is 2.23 bits per heavy atom. The predicted octanol–water partition coefficient (Wildman–Crippen LogP) is 5.89. The SMILES string of the molecule is CCCCC[C@H](O)C=C[C@H]1C(=O)C[C@H](O)[C@@H]2C/C=C\CCCC(=O)OC[C@@H](OC(=O)CCCCCCCCCCC(C)C)COP(=O)(O)OP(=O)(O)OC[C@@H](O[C@H]2n2ccc(N)nc2=O)[C@@H](O)[C@H]1O. The molecule has 0 spiro atoms. The fraction of sp³-hybridized carbons (Fsp3) is 0.761. The number of aromatic nitrogens is 2. The predicted molar refractivity (Wildman–Crippen MR) is 253 cm³/mol. The van der Waals surface area contributed by atoms with Crippen LogP contribution in [0.4, 0.5) is 5.82 Å². The van der Waals surface area contributed by atoms with E-state index in [9.17, 15) is 58.5 Å². The zero-order chi connectivity index (χ0) is 51.0. The van der Waals surface area contributed by atoms with Crippen molar-refractivity contribution in [2.45, 2.75) is 186 Å². The van der Waals surface area contributed by atoms with Crippen molar-refractivity contribution in [1.29, 1.82) is 0 Å². The number of allylic oxidation sites excluding steroid dienone is 2. The number of aliphatic hydroxyl groups is 4. The van der Waals surface area contributed by atoms with Crippen LogP contribution in [0.25, 0.3) is 0 Å². The molecule has 2 bridgehead atoms. The van der Waals surface area contributed by atoms with Gasteiger partial charge in [-0.25, -0.2) is 13.9 Å². The zero-order valence-corrected chi connectivity index (χ0v) is 42.0.